The van der Waals surface area contributed by atoms with Crippen LogP contribution in [0.2, 0.25) is 0 Å². The van der Waals surface area contributed by atoms with Gasteiger partial charge in [0.15, 0.2) is 0 Å². The number of thiophene rings is 1. The van der Waals surface area contributed by atoms with Gasteiger partial charge in [-0.25, -0.2) is 4.99 Å². The molecular formula is C28H32N2O2S. The number of nitrogens with one attached hydrogen (secondary N) is 1. The van der Waals surface area contributed by atoms with E-state index < -0.39 is 0 Å². The van der Waals surface area contributed by atoms with Gasteiger partial charge in [0.25, 0.3) is 5.91 Å². The van der Waals surface area contributed by atoms with E-state index in [-0.39, 0.29) is 5.91 Å². The summed E-state index contributed by atoms with van der Waals surface area (Å²) < 4.78 is 5.46. The summed E-state index contributed by atoms with van der Waals surface area (Å²) in [6, 6.07) is 12.2. The summed E-state index contributed by atoms with van der Waals surface area (Å²) in [6.07, 6.45) is 8.57. The SMILES string of the molecule is COc1cc(C=Nc2sc3c(c2C(=O)Nc2cc(C)cc(C)c2)CCCCCC3)ccc1C. The molecule has 0 fully saturated rings. The Morgan fingerprint density at radius 1 is 1.00 bits per heavy atom. The Balaban J connectivity index is 1.71. The van der Waals surface area contributed by atoms with Crippen LogP contribution in [0.1, 0.15) is 68.7 Å². The maximum atomic E-state index is 13.5. The minimum absolute atomic E-state index is 0.0632. The first kappa shape index (κ1) is 23.2. The fraction of sp³-hybridized carbons (Fsp3) is 0.357. The van der Waals surface area contributed by atoms with Crippen molar-refractivity contribution in [2.75, 3.05) is 12.4 Å². The molecule has 0 unspecified atom stereocenters. The van der Waals surface area contributed by atoms with Crippen LogP contribution in [-0.2, 0) is 12.8 Å². The number of ether oxygens (including phenoxy) is 1. The van der Waals surface area contributed by atoms with Gasteiger partial charge in [-0.05, 0) is 92.5 Å². The van der Waals surface area contributed by atoms with Gasteiger partial charge in [0.1, 0.15) is 10.8 Å². The molecule has 0 saturated heterocycles. The molecule has 0 aliphatic heterocycles. The maximum Gasteiger partial charge on any atom is 0.259 e. The monoisotopic (exact) mass is 460 g/mol. The van der Waals surface area contributed by atoms with Crippen LogP contribution < -0.4 is 10.1 Å². The van der Waals surface area contributed by atoms with Crippen LogP contribution in [0, 0.1) is 20.8 Å². The molecule has 4 nitrogen and oxygen atoms in total. The highest BCUT2D eigenvalue weighted by atomic mass is 32.1. The standard InChI is InChI=1S/C28H32N2O2S/c1-18-13-19(2)15-22(14-18)30-27(31)26-23-9-7-5-6-8-10-25(23)33-28(26)29-17-21-12-11-20(3)24(16-21)32-4/h11-17H,5-10H2,1-4H3,(H,30,31). The molecule has 1 aliphatic rings. The third kappa shape index (κ3) is 5.53. The highest BCUT2D eigenvalue weighted by Gasteiger charge is 2.24. The van der Waals surface area contributed by atoms with Gasteiger partial charge < -0.3 is 10.1 Å². The molecule has 2 aromatic carbocycles. The molecule has 0 bridgehead atoms. The van der Waals surface area contributed by atoms with Gasteiger partial charge in [-0.3, -0.25) is 4.79 Å². The van der Waals surface area contributed by atoms with Crippen molar-refractivity contribution >= 4 is 34.1 Å². The van der Waals surface area contributed by atoms with Crippen LogP contribution in [0.5, 0.6) is 5.75 Å². The Labute approximate surface area is 200 Å². The number of hydrogen-bond donors (Lipinski definition) is 1. The number of carbonyl (C=O) groups excluding carboxylic acids is 1. The van der Waals surface area contributed by atoms with Gasteiger partial charge in [-0.1, -0.05) is 31.0 Å². The van der Waals surface area contributed by atoms with E-state index in [1.165, 1.54) is 29.7 Å². The van der Waals surface area contributed by atoms with Crippen LogP contribution >= 0.6 is 11.3 Å². The number of anilines is 1. The average Bonchev–Trinajstić information content (AvgIpc) is 3.08. The van der Waals surface area contributed by atoms with E-state index in [0.29, 0.717) is 0 Å². The topological polar surface area (TPSA) is 50.7 Å². The number of benzene rings is 2. The van der Waals surface area contributed by atoms with E-state index in [0.717, 1.165) is 63.5 Å². The van der Waals surface area contributed by atoms with Gasteiger partial charge >= 0.3 is 0 Å². The Bertz CT molecular complexity index is 1170. The first-order valence-corrected chi connectivity index (χ1v) is 12.5. The number of hydrogen-bond acceptors (Lipinski definition) is 4. The van der Waals surface area contributed by atoms with E-state index >= 15 is 0 Å². The van der Waals surface area contributed by atoms with Crippen LogP contribution in [0.25, 0.3) is 0 Å². The molecule has 4 rings (SSSR count). The Kier molecular flexibility index (Phi) is 7.29. The van der Waals surface area contributed by atoms with Gasteiger partial charge in [0, 0.05) is 16.8 Å². The first-order valence-electron chi connectivity index (χ1n) is 11.7. The quantitative estimate of drug-likeness (QED) is 0.405. The van der Waals surface area contributed by atoms with Gasteiger partial charge in [-0.2, -0.15) is 0 Å². The number of rotatable bonds is 5. The molecule has 1 aliphatic carbocycles. The largest absolute Gasteiger partial charge is 0.496 e. The lowest BCUT2D eigenvalue weighted by Gasteiger charge is -2.12. The molecule has 0 radical (unpaired) electrons. The molecule has 5 heteroatoms. The second kappa shape index (κ2) is 10.3. The number of methoxy groups -OCH3 is 1. The molecule has 3 aromatic rings. The maximum absolute atomic E-state index is 13.5. The molecule has 172 valence electrons. The van der Waals surface area contributed by atoms with Crippen molar-refractivity contribution in [3.8, 4) is 5.75 Å². The molecule has 0 saturated carbocycles. The van der Waals surface area contributed by atoms with Crippen molar-refractivity contribution < 1.29 is 9.53 Å². The zero-order valence-electron chi connectivity index (χ0n) is 20.0. The summed E-state index contributed by atoms with van der Waals surface area (Å²) in [4.78, 5) is 19.7. The third-order valence-corrected chi connectivity index (χ3v) is 7.32. The molecule has 33 heavy (non-hydrogen) atoms. The lowest BCUT2D eigenvalue weighted by molar-refractivity contribution is 0.102. The summed E-state index contributed by atoms with van der Waals surface area (Å²) in [5.41, 5.74) is 7.08. The highest BCUT2D eigenvalue weighted by molar-refractivity contribution is 7.16. The van der Waals surface area contributed by atoms with E-state index in [9.17, 15) is 4.79 Å². The van der Waals surface area contributed by atoms with Gasteiger partial charge in [0.2, 0.25) is 0 Å². The summed E-state index contributed by atoms with van der Waals surface area (Å²) >= 11 is 1.67. The Morgan fingerprint density at radius 3 is 2.45 bits per heavy atom. The Morgan fingerprint density at radius 2 is 1.73 bits per heavy atom. The number of fused-ring (bicyclic) bond motifs is 1. The first-order chi connectivity index (χ1) is 15.9. The number of carbonyl (C=O) groups is 1. The molecule has 1 amide bonds. The second-order valence-electron chi connectivity index (χ2n) is 8.92. The minimum Gasteiger partial charge on any atom is -0.496 e. The van der Waals surface area contributed by atoms with Crippen molar-refractivity contribution in [1.82, 2.24) is 0 Å². The molecule has 0 atom stereocenters. The number of aliphatic imine (C=N–C) groups is 1. The molecule has 1 aromatic heterocycles. The number of aryl methyl sites for hydroxylation is 4. The van der Waals surface area contributed by atoms with Crippen molar-refractivity contribution in [2.24, 2.45) is 4.99 Å². The molecule has 1 N–H and O–H groups in total. The smallest absolute Gasteiger partial charge is 0.259 e. The predicted molar refractivity (Wildman–Crippen MR) is 139 cm³/mol. The van der Waals surface area contributed by atoms with E-state index in [4.69, 9.17) is 9.73 Å². The lowest BCUT2D eigenvalue weighted by Crippen LogP contribution is -2.14. The molecule has 0 spiro atoms. The van der Waals surface area contributed by atoms with E-state index in [1.807, 2.05) is 57.3 Å². The summed E-state index contributed by atoms with van der Waals surface area (Å²) in [6.45, 7) is 6.12. The van der Waals surface area contributed by atoms with Gasteiger partial charge in [-0.15, -0.1) is 11.3 Å². The van der Waals surface area contributed by atoms with Crippen molar-refractivity contribution in [2.45, 2.75) is 59.3 Å². The van der Waals surface area contributed by atoms with E-state index in [1.54, 1.807) is 18.4 Å². The number of amides is 1. The Hall–Kier alpha value is -2.92. The summed E-state index contributed by atoms with van der Waals surface area (Å²) in [5.74, 6) is 0.775. The third-order valence-electron chi connectivity index (χ3n) is 6.12. The van der Waals surface area contributed by atoms with Gasteiger partial charge in [0.05, 0.1) is 12.7 Å². The minimum atomic E-state index is -0.0632. The summed E-state index contributed by atoms with van der Waals surface area (Å²) in [5, 5.41) is 3.95. The normalized spacial score (nSPS) is 13.9. The average molecular weight is 461 g/mol. The van der Waals surface area contributed by atoms with Crippen LogP contribution in [0.4, 0.5) is 10.7 Å². The van der Waals surface area contributed by atoms with Crippen molar-refractivity contribution in [3.05, 3.63) is 74.7 Å². The van der Waals surface area contributed by atoms with Crippen LogP contribution in [-0.4, -0.2) is 19.2 Å². The van der Waals surface area contributed by atoms with Crippen LogP contribution in [0.15, 0.2) is 41.4 Å². The zero-order valence-corrected chi connectivity index (χ0v) is 20.8. The fourth-order valence-corrected chi connectivity index (χ4v) is 5.75. The predicted octanol–water partition coefficient (Wildman–Crippen LogP) is 7.34. The summed E-state index contributed by atoms with van der Waals surface area (Å²) in [7, 11) is 1.68. The second-order valence-corrected chi connectivity index (χ2v) is 10.00. The zero-order chi connectivity index (χ0) is 23.4. The number of nitrogens with zero attached hydrogens (tertiary/aromatic N) is 1. The molecular weight excluding hydrogens is 428 g/mol. The van der Waals surface area contributed by atoms with Crippen molar-refractivity contribution in [1.29, 1.82) is 0 Å². The van der Waals surface area contributed by atoms with Crippen molar-refractivity contribution in [3.63, 3.8) is 0 Å². The lowest BCUT2D eigenvalue weighted by atomic mass is 9.96. The molecule has 1 heterocycles. The fourth-order valence-electron chi connectivity index (χ4n) is 4.52. The van der Waals surface area contributed by atoms with Crippen LogP contribution in [0.3, 0.4) is 0 Å². The highest BCUT2D eigenvalue weighted by Crippen LogP contribution is 2.39. The van der Waals surface area contributed by atoms with E-state index in [2.05, 4.69) is 11.4 Å².